The van der Waals surface area contributed by atoms with E-state index in [1.165, 1.54) is 11.1 Å². The lowest BCUT2D eigenvalue weighted by Gasteiger charge is -2.32. The number of likely N-dealkylation sites (tertiary alicyclic amines) is 1. The van der Waals surface area contributed by atoms with Gasteiger partial charge in [0, 0.05) is 37.1 Å². The molecule has 7 nitrogen and oxygen atoms in total. The maximum absolute atomic E-state index is 11.3. The molecule has 4 rings (SSSR count). The molecule has 1 unspecified atom stereocenters. The number of nitrogens with zero attached hydrogens (tertiary/aromatic N) is 4. The fraction of sp³-hybridized carbons (Fsp3) is 0.389. The highest BCUT2D eigenvalue weighted by Crippen LogP contribution is 2.25. The number of hydrogen-bond donors (Lipinski definition) is 2. The third kappa shape index (κ3) is 3.41. The normalized spacial score (nSPS) is 18.5. The number of aryl methyl sites for hydroxylation is 1. The zero-order valence-corrected chi connectivity index (χ0v) is 14.3. The average molecular weight is 338 g/mol. The Bertz CT molecular complexity index is 894. The standard InChI is InChI=1S/C18H22N6O/c1-13-9-16(24-8-6-19-12-24)5-4-14(13)10-23-7-2-3-15(11-23)17-20-18(25)22-21-17/h4-6,8-9,12,15H,2-3,7,10-11H2,1H3,(H2,20,21,22,25). The van der Waals surface area contributed by atoms with Gasteiger partial charge in [0.25, 0.3) is 0 Å². The molecule has 1 aliphatic heterocycles. The van der Waals surface area contributed by atoms with Crippen molar-refractivity contribution in [3.63, 3.8) is 0 Å². The Morgan fingerprint density at radius 2 is 2.28 bits per heavy atom. The summed E-state index contributed by atoms with van der Waals surface area (Å²) in [5.74, 6) is 1.07. The van der Waals surface area contributed by atoms with E-state index >= 15 is 0 Å². The smallest absolute Gasteiger partial charge is 0.306 e. The van der Waals surface area contributed by atoms with E-state index in [0.717, 1.165) is 44.0 Å². The Balaban J connectivity index is 1.47. The number of rotatable bonds is 4. The summed E-state index contributed by atoms with van der Waals surface area (Å²) in [4.78, 5) is 20.6. The van der Waals surface area contributed by atoms with Crippen LogP contribution >= 0.6 is 0 Å². The molecule has 0 aliphatic carbocycles. The summed E-state index contributed by atoms with van der Waals surface area (Å²) in [6.45, 7) is 5.07. The van der Waals surface area contributed by atoms with Crippen molar-refractivity contribution in [1.29, 1.82) is 0 Å². The first kappa shape index (κ1) is 15.8. The van der Waals surface area contributed by atoms with Gasteiger partial charge in [-0.05, 0) is 49.6 Å². The van der Waals surface area contributed by atoms with Crippen LogP contribution in [0.1, 0.15) is 35.7 Å². The van der Waals surface area contributed by atoms with Crippen molar-refractivity contribution < 1.29 is 0 Å². The van der Waals surface area contributed by atoms with E-state index in [1.54, 1.807) is 6.20 Å². The molecule has 0 radical (unpaired) electrons. The fourth-order valence-corrected chi connectivity index (χ4v) is 3.57. The Hall–Kier alpha value is -2.67. The van der Waals surface area contributed by atoms with Crippen molar-refractivity contribution in [1.82, 2.24) is 29.6 Å². The highest BCUT2D eigenvalue weighted by molar-refractivity contribution is 5.40. The zero-order valence-electron chi connectivity index (χ0n) is 14.3. The topological polar surface area (TPSA) is 82.6 Å². The lowest BCUT2D eigenvalue weighted by Crippen LogP contribution is -2.34. The molecule has 1 fully saturated rings. The second-order valence-electron chi connectivity index (χ2n) is 6.72. The molecule has 0 amide bonds. The maximum atomic E-state index is 11.3. The van der Waals surface area contributed by atoms with Gasteiger partial charge >= 0.3 is 5.69 Å². The first-order valence-electron chi connectivity index (χ1n) is 8.64. The minimum Gasteiger partial charge on any atom is -0.306 e. The highest BCUT2D eigenvalue weighted by atomic mass is 16.1. The van der Waals surface area contributed by atoms with Crippen LogP contribution in [-0.2, 0) is 6.54 Å². The molecule has 1 atom stereocenters. The highest BCUT2D eigenvalue weighted by Gasteiger charge is 2.24. The van der Waals surface area contributed by atoms with Crippen LogP contribution < -0.4 is 5.69 Å². The first-order chi connectivity index (χ1) is 12.2. The number of imidazole rings is 1. The van der Waals surface area contributed by atoms with Crippen LogP contribution in [0.5, 0.6) is 0 Å². The summed E-state index contributed by atoms with van der Waals surface area (Å²) >= 11 is 0. The zero-order chi connectivity index (χ0) is 17.2. The number of aromatic amines is 2. The SMILES string of the molecule is Cc1cc(-n2ccnc2)ccc1CN1CCCC(c2n[nH]c(=O)[nH]2)C1. The van der Waals surface area contributed by atoms with Gasteiger partial charge in [0.05, 0.1) is 6.33 Å². The summed E-state index contributed by atoms with van der Waals surface area (Å²) in [7, 11) is 0. The summed E-state index contributed by atoms with van der Waals surface area (Å²) in [6, 6.07) is 6.53. The van der Waals surface area contributed by atoms with E-state index < -0.39 is 0 Å². The Kier molecular flexibility index (Phi) is 4.23. The van der Waals surface area contributed by atoms with E-state index in [0.29, 0.717) is 5.92 Å². The second-order valence-corrected chi connectivity index (χ2v) is 6.72. The average Bonchev–Trinajstić information content (AvgIpc) is 3.29. The lowest BCUT2D eigenvalue weighted by atomic mass is 9.96. The monoisotopic (exact) mass is 338 g/mol. The van der Waals surface area contributed by atoms with E-state index in [2.05, 4.69) is 50.2 Å². The van der Waals surface area contributed by atoms with Gasteiger partial charge < -0.3 is 4.57 Å². The summed E-state index contributed by atoms with van der Waals surface area (Å²) in [5.41, 5.74) is 3.52. The van der Waals surface area contributed by atoms with Gasteiger partial charge in [-0.1, -0.05) is 6.07 Å². The van der Waals surface area contributed by atoms with E-state index in [-0.39, 0.29) is 5.69 Å². The minimum absolute atomic E-state index is 0.224. The van der Waals surface area contributed by atoms with Crippen molar-refractivity contribution >= 4 is 0 Å². The predicted molar refractivity (Wildman–Crippen MR) is 94.8 cm³/mol. The minimum atomic E-state index is -0.224. The van der Waals surface area contributed by atoms with Gasteiger partial charge in [-0.2, -0.15) is 5.10 Å². The molecule has 0 saturated carbocycles. The predicted octanol–water partition coefficient (Wildman–Crippen LogP) is 1.97. The van der Waals surface area contributed by atoms with Crippen LogP contribution in [-0.4, -0.2) is 42.7 Å². The van der Waals surface area contributed by atoms with Crippen LogP contribution in [0.2, 0.25) is 0 Å². The van der Waals surface area contributed by atoms with E-state index in [1.807, 2.05) is 17.1 Å². The number of piperidine rings is 1. The molecule has 1 aliphatic rings. The van der Waals surface area contributed by atoms with Crippen LogP contribution in [0.4, 0.5) is 0 Å². The molecule has 0 bridgehead atoms. The third-order valence-corrected chi connectivity index (χ3v) is 4.93. The molecule has 7 heteroatoms. The lowest BCUT2D eigenvalue weighted by molar-refractivity contribution is 0.196. The third-order valence-electron chi connectivity index (χ3n) is 4.93. The maximum Gasteiger partial charge on any atom is 0.340 e. The largest absolute Gasteiger partial charge is 0.340 e. The number of H-pyrrole nitrogens is 2. The van der Waals surface area contributed by atoms with Crippen LogP contribution in [0.15, 0.2) is 41.7 Å². The second kappa shape index (κ2) is 6.68. The Morgan fingerprint density at radius 3 is 3.00 bits per heavy atom. The van der Waals surface area contributed by atoms with E-state index in [4.69, 9.17) is 0 Å². The fourth-order valence-electron chi connectivity index (χ4n) is 3.57. The van der Waals surface area contributed by atoms with Crippen molar-refractivity contribution in [3.8, 4) is 5.69 Å². The summed E-state index contributed by atoms with van der Waals surface area (Å²) < 4.78 is 2.02. The van der Waals surface area contributed by atoms with Gasteiger partial charge in [0.1, 0.15) is 5.82 Å². The van der Waals surface area contributed by atoms with Crippen LogP contribution in [0, 0.1) is 6.92 Å². The quantitative estimate of drug-likeness (QED) is 0.762. The van der Waals surface area contributed by atoms with Crippen LogP contribution in [0.3, 0.4) is 0 Å². The van der Waals surface area contributed by atoms with Gasteiger partial charge in [-0.3, -0.25) is 9.88 Å². The number of nitrogens with one attached hydrogen (secondary N) is 2. The first-order valence-corrected chi connectivity index (χ1v) is 8.64. The Morgan fingerprint density at radius 1 is 1.36 bits per heavy atom. The van der Waals surface area contributed by atoms with Crippen LogP contribution in [0.25, 0.3) is 5.69 Å². The molecule has 130 valence electrons. The number of aromatic nitrogens is 5. The summed E-state index contributed by atoms with van der Waals surface area (Å²) in [5, 5.41) is 6.58. The van der Waals surface area contributed by atoms with Crippen molar-refractivity contribution in [3.05, 3.63) is 64.4 Å². The van der Waals surface area contributed by atoms with Crippen molar-refractivity contribution in [2.45, 2.75) is 32.2 Å². The number of benzene rings is 1. The van der Waals surface area contributed by atoms with Gasteiger partial charge in [0.15, 0.2) is 0 Å². The summed E-state index contributed by atoms with van der Waals surface area (Å²) in [6.07, 6.45) is 7.74. The van der Waals surface area contributed by atoms with Gasteiger partial charge in [0.2, 0.25) is 0 Å². The molecule has 25 heavy (non-hydrogen) atoms. The molecule has 3 aromatic rings. The molecule has 3 heterocycles. The molecule has 2 N–H and O–H groups in total. The van der Waals surface area contributed by atoms with Gasteiger partial charge in [-0.25, -0.2) is 14.9 Å². The molecule has 2 aromatic heterocycles. The molecular formula is C18H22N6O. The van der Waals surface area contributed by atoms with Crippen molar-refractivity contribution in [2.24, 2.45) is 0 Å². The molecule has 1 saturated heterocycles. The van der Waals surface area contributed by atoms with Gasteiger partial charge in [-0.15, -0.1) is 0 Å². The molecular weight excluding hydrogens is 316 g/mol. The Labute approximate surface area is 145 Å². The molecule has 1 aromatic carbocycles. The number of hydrogen-bond acceptors (Lipinski definition) is 4. The van der Waals surface area contributed by atoms with E-state index in [9.17, 15) is 4.79 Å². The van der Waals surface area contributed by atoms with Crippen molar-refractivity contribution in [2.75, 3.05) is 13.1 Å². The molecule has 0 spiro atoms.